The summed E-state index contributed by atoms with van der Waals surface area (Å²) >= 11 is 0. The van der Waals surface area contributed by atoms with E-state index in [9.17, 15) is 31.1 Å². The topological polar surface area (TPSA) is 38.3 Å². The SMILES string of the molecule is O=C(COc1ccc(F)c(F)c1)NCc1ccc(F)cc1C(F)(F)F. The second-order valence-electron chi connectivity index (χ2n) is 4.94. The highest BCUT2D eigenvalue weighted by atomic mass is 19.4. The van der Waals surface area contributed by atoms with Crippen molar-refractivity contribution >= 4 is 5.91 Å². The molecule has 0 fully saturated rings. The molecular formula is C16H11F6NO2. The maximum atomic E-state index is 13.0. The molecule has 0 aliphatic heterocycles. The first-order valence-electron chi connectivity index (χ1n) is 6.87. The van der Waals surface area contributed by atoms with E-state index in [0.29, 0.717) is 6.07 Å². The Kier molecular flexibility index (Phi) is 5.55. The number of nitrogens with one attached hydrogen (secondary N) is 1. The lowest BCUT2D eigenvalue weighted by molar-refractivity contribution is -0.138. The highest BCUT2D eigenvalue weighted by Crippen LogP contribution is 2.32. The average molecular weight is 363 g/mol. The Hall–Kier alpha value is -2.71. The predicted octanol–water partition coefficient (Wildman–Crippen LogP) is 3.82. The van der Waals surface area contributed by atoms with Gasteiger partial charge in [0.05, 0.1) is 5.56 Å². The highest BCUT2D eigenvalue weighted by molar-refractivity contribution is 5.77. The number of halogens is 6. The molecule has 0 heterocycles. The number of alkyl halides is 3. The van der Waals surface area contributed by atoms with Gasteiger partial charge in [0.2, 0.25) is 0 Å². The molecule has 0 aliphatic carbocycles. The van der Waals surface area contributed by atoms with Gasteiger partial charge in [-0.25, -0.2) is 13.2 Å². The molecule has 0 spiro atoms. The molecule has 0 bridgehead atoms. The minimum atomic E-state index is -4.77. The fourth-order valence-corrected chi connectivity index (χ4v) is 1.93. The summed E-state index contributed by atoms with van der Waals surface area (Å²) in [5.41, 5.74) is -1.52. The Bertz CT molecular complexity index is 776. The number of hydrogen-bond acceptors (Lipinski definition) is 2. The average Bonchev–Trinajstić information content (AvgIpc) is 2.54. The molecule has 0 aliphatic rings. The second kappa shape index (κ2) is 7.45. The van der Waals surface area contributed by atoms with Crippen molar-refractivity contribution in [3.05, 3.63) is 65.0 Å². The molecule has 0 saturated carbocycles. The van der Waals surface area contributed by atoms with E-state index >= 15 is 0 Å². The van der Waals surface area contributed by atoms with Gasteiger partial charge in [-0.05, 0) is 29.8 Å². The molecule has 0 atom stereocenters. The van der Waals surface area contributed by atoms with Crippen LogP contribution in [0, 0.1) is 17.5 Å². The second-order valence-corrected chi connectivity index (χ2v) is 4.94. The fraction of sp³-hybridized carbons (Fsp3) is 0.188. The van der Waals surface area contributed by atoms with Gasteiger partial charge >= 0.3 is 6.18 Å². The molecule has 1 amide bonds. The van der Waals surface area contributed by atoms with Gasteiger partial charge in [0.1, 0.15) is 11.6 Å². The van der Waals surface area contributed by atoms with Crippen molar-refractivity contribution in [1.29, 1.82) is 0 Å². The summed E-state index contributed by atoms with van der Waals surface area (Å²) in [6, 6.07) is 4.71. The van der Waals surface area contributed by atoms with Gasteiger partial charge in [-0.15, -0.1) is 0 Å². The van der Waals surface area contributed by atoms with Crippen molar-refractivity contribution in [2.24, 2.45) is 0 Å². The van der Waals surface area contributed by atoms with E-state index in [-0.39, 0.29) is 11.3 Å². The van der Waals surface area contributed by atoms with Crippen LogP contribution in [0.15, 0.2) is 36.4 Å². The standard InChI is InChI=1S/C16H11F6NO2/c17-10-2-1-9(12(5-10)16(20,21)22)7-23-15(24)8-25-11-3-4-13(18)14(19)6-11/h1-6H,7-8H2,(H,23,24). The first kappa shape index (κ1) is 18.6. The maximum absolute atomic E-state index is 13.0. The van der Waals surface area contributed by atoms with E-state index in [4.69, 9.17) is 4.74 Å². The van der Waals surface area contributed by atoms with Crippen molar-refractivity contribution in [3.8, 4) is 5.75 Å². The minimum Gasteiger partial charge on any atom is -0.484 e. The molecule has 0 unspecified atom stereocenters. The van der Waals surface area contributed by atoms with Gasteiger partial charge in [-0.3, -0.25) is 4.79 Å². The summed E-state index contributed by atoms with van der Waals surface area (Å²) in [6.07, 6.45) is -4.77. The third kappa shape index (κ3) is 5.13. The number of rotatable bonds is 5. The molecule has 2 aromatic rings. The number of ether oxygens (including phenoxy) is 1. The van der Waals surface area contributed by atoms with Crippen molar-refractivity contribution < 1.29 is 35.9 Å². The zero-order valence-corrected chi connectivity index (χ0v) is 12.5. The molecule has 2 rings (SSSR count). The Labute approximate surface area is 138 Å². The molecule has 1 N–H and O–H groups in total. The summed E-state index contributed by atoms with van der Waals surface area (Å²) < 4.78 is 82.1. The number of amides is 1. The normalized spacial score (nSPS) is 11.3. The van der Waals surface area contributed by atoms with E-state index in [1.165, 1.54) is 0 Å². The zero-order chi connectivity index (χ0) is 18.6. The number of carbonyl (C=O) groups excluding carboxylic acids is 1. The van der Waals surface area contributed by atoms with Crippen LogP contribution >= 0.6 is 0 Å². The van der Waals surface area contributed by atoms with E-state index in [1.807, 2.05) is 0 Å². The zero-order valence-electron chi connectivity index (χ0n) is 12.5. The minimum absolute atomic E-state index is 0.119. The largest absolute Gasteiger partial charge is 0.484 e. The van der Waals surface area contributed by atoms with Gasteiger partial charge in [-0.2, -0.15) is 13.2 Å². The molecule has 134 valence electrons. The van der Waals surface area contributed by atoms with Crippen LogP contribution in [-0.2, 0) is 17.5 Å². The van der Waals surface area contributed by atoms with Crippen molar-refractivity contribution in [2.45, 2.75) is 12.7 Å². The monoisotopic (exact) mass is 363 g/mol. The lowest BCUT2D eigenvalue weighted by Crippen LogP contribution is -2.29. The number of hydrogen-bond donors (Lipinski definition) is 1. The van der Waals surface area contributed by atoms with Crippen LogP contribution in [0.3, 0.4) is 0 Å². The van der Waals surface area contributed by atoms with Gasteiger partial charge in [0.25, 0.3) is 5.91 Å². The molecule has 0 saturated heterocycles. The summed E-state index contributed by atoms with van der Waals surface area (Å²) in [6.45, 7) is -1.12. The number of carbonyl (C=O) groups is 1. The molecule has 25 heavy (non-hydrogen) atoms. The van der Waals surface area contributed by atoms with Crippen LogP contribution < -0.4 is 10.1 Å². The van der Waals surface area contributed by atoms with Crippen LogP contribution in [0.25, 0.3) is 0 Å². The summed E-state index contributed by atoms with van der Waals surface area (Å²) in [4.78, 5) is 11.6. The summed E-state index contributed by atoms with van der Waals surface area (Å²) in [5.74, 6) is -4.22. The van der Waals surface area contributed by atoms with Gasteiger partial charge in [-0.1, -0.05) is 6.07 Å². The molecule has 3 nitrogen and oxygen atoms in total. The van der Waals surface area contributed by atoms with Gasteiger partial charge in [0, 0.05) is 12.6 Å². The van der Waals surface area contributed by atoms with E-state index < -0.39 is 48.3 Å². The molecule has 0 radical (unpaired) electrons. The molecule has 0 aromatic heterocycles. The van der Waals surface area contributed by atoms with Crippen LogP contribution in [0.4, 0.5) is 26.3 Å². The lowest BCUT2D eigenvalue weighted by atomic mass is 10.1. The molecular weight excluding hydrogens is 352 g/mol. The Balaban J connectivity index is 1.95. The Morgan fingerprint density at radius 2 is 1.72 bits per heavy atom. The summed E-state index contributed by atoms with van der Waals surface area (Å²) in [5, 5.41) is 2.17. The van der Waals surface area contributed by atoms with Gasteiger partial charge < -0.3 is 10.1 Å². The Morgan fingerprint density at radius 1 is 1.00 bits per heavy atom. The van der Waals surface area contributed by atoms with Crippen LogP contribution in [0.1, 0.15) is 11.1 Å². The van der Waals surface area contributed by atoms with E-state index in [0.717, 1.165) is 30.3 Å². The van der Waals surface area contributed by atoms with Crippen molar-refractivity contribution in [3.63, 3.8) is 0 Å². The first-order chi connectivity index (χ1) is 11.7. The lowest BCUT2D eigenvalue weighted by Gasteiger charge is -2.14. The Morgan fingerprint density at radius 3 is 2.36 bits per heavy atom. The van der Waals surface area contributed by atoms with Crippen molar-refractivity contribution in [1.82, 2.24) is 5.32 Å². The van der Waals surface area contributed by atoms with Crippen LogP contribution in [0.5, 0.6) is 5.75 Å². The van der Waals surface area contributed by atoms with Crippen LogP contribution in [-0.4, -0.2) is 12.5 Å². The van der Waals surface area contributed by atoms with Crippen LogP contribution in [0.2, 0.25) is 0 Å². The van der Waals surface area contributed by atoms with E-state index in [1.54, 1.807) is 0 Å². The molecule has 9 heteroatoms. The fourth-order valence-electron chi connectivity index (χ4n) is 1.93. The third-order valence-corrected chi connectivity index (χ3v) is 3.11. The maximum Gasteiger partial charge on any atom is 0.416 e. The first-order valence-corrected chi connectivity index (χ1v) is 6.87. The number of benzene rings is 2. The van der Waals surface area contributed by atoms with Gasteiger partial charge in [0.15, 0.2) is 18.2 Å². The predicted molar refractivity (Wildman–Crippen MR) is 75.1 cm³/mol. The quantitative estimate of drug-likeness (QED) is 0.821. The van der Waals surface area contributed by atoms with Crippen molar-refractivity contribution in [2.75, 3.05) is 6.61 Å². The smallest absolute Gasteiger partial charge is 0.416 e. The third-order valence-electron chi connectivity index (χ3n) is 3.11. The summed E-state index contributed by atoms with van der Waals surface area (Å²) in [7, 11) is 0. The molecule has 2 aromatic carbocycles. The highest BCUT2D eigenvalue weighted by Gasteiger charge is 2.33. The van der Waals surface area contributed by atoms with E-state index in [2.05, 4.69) is 5.32 Å².